The summed E-state index contributed by atoms with van der Waals surface area (Å²) in [5.41, 5.74) is 2.25. The van der Waals surface area contributed by atoms with E-state index in [9.17, 15) is 9.59 Å². The van der Waals surface area contributed by atoms with Crippen LogP contribution in [-0.2, 0) is 9.53 Å². The van der Waals surface area contributed by atoms with E-state index in [1.165, 1.54) is 11.3 Å². The topological polar surface area (TPSA) is 79.1 Å². The number of carbonyl (C=O) groups excluding carboxylic acids is 1. The first-order valence-corrected chi connectivity index (χ1v) is 12.7. The molecule has 2 aromatic carbocycles. The van der Waals surface area contributed by atoms with Crippen molar-refractivity contribution >= 4 is 39.3 Å². The molecule has 0 unspecified atom stereocenters. The summed E-state index contributed by atoms with van der Waals surface area (Å²) in [4.78, 5) is 31.8. The molecule has 1 aliphatic rings. The highest BCUT2D eigenvalue weighted by Gasteiger charge is 2.33. The van der Waals surface area contributed by atoms with Crippen LogP contribution in [0.15, 0.2) is 68.0 Å². The lowest BCUT2D eigenvalue weighted by Gasteiger charge is -2.24. The van der Waals surface area contributed by atoms with Gasteiger partial charge in [-0.15, -0.1) is 0 Å². The number of benzene rings is 2. The molecule has 0 spiro atoms. The molecule has 0 saturated carbocycles. The molecule has 0 radical (unpaired) electrons. The van der Waals surface area contributed by atoms with Gasteiger partial charge in [0.1, 0.15) is 0 Å². The minimum Gasteiger partial charge on any atom is -0.493 e. The molecule has 0 aliphatic carbocycles. The van der Waals surface area contributed by atoms with Crippen LogP contribution in [0.1, 0.15) is 37.9 Å². The van der Waals surface area contributed by atoms with Crippen LogP contribution >= 0.6 is 27.3 Å². The van der Waals surface area contributed by atoms with Gasteiger partial charge in [0.15, 0.2) is 16.3 Å². The van der Waals surface area contributed by atoms with Gasteiger partial charge in [0, 0.05) is 4.47 Å². The van der Waals surface area contributed by atoms with E-state index in [0.717, 1.165) is 15.6 Å². The molecule has 0 N–H and O–H groups in total. The Balaban J connectivity index is 1.91. The summed E-state index contributed by atoms with van der Waals surface area (Å²) >= 11 is 4.73. The Morgan fingerprint density at radius 2 is 1.89 bits per heavy atom. The number of fused-ring (bicyclic) bond motifs is 1. The Hall–Kier alpha value is -3.17. The smallest absolute Gasteiger partial charge is 0.338 e. The third-order valence-corrected chi connectivity index (χ3v) is 7.00. The van der Waals surface area contributed by atoms with E-state index in [1.54, 1.807) is 31.6 Å². The number of halogens is 1. The zero-order valence-corrected chi connectivity index (χ0v) is 22.2. The normalized spacial score (nSPS) is 15.5. The van der Waals surface area contributed by atoms with Gasteiger partial charge in [-0.1, -0.05) is 45.5 Å². The van der Waals surface area contributed by atoms with E-state index >= 15 is 0 Å². The fourth-order valence-electron chi connectivity index (χ4n) is 3.95. The molecular weight excluding hydrogens is 532 g/mol. The molecule has 1 aliphatic heterocycles. The number of methoxy groups -OCH3 is 1. The highest BCUT2D eigenvalue weighted by Crippen LogP contribution is 2.31. The minimum atomic E-state index is -0.643. The van der Waals surface area contributed by atoms with Gasteiger partial charge in [0.25, 0.3) is 5.56 Å². The molecule has 0 saturated heterocycles. The molecule has 0 bridgehead atoms. The standard InChI is InChI=1S/C26H25BrN2O5S/c1-5-33-20-13-16(7-12-19(20)32-4)14-21-24(30)29-23(17-8-10-18(27)11-9-17)22(25(31)34-6-2)15(3)28-26(29)35-21/h7-14,23H,5-6H2,1-4H3/b21-14-/t23-/m1/s1. The highest BCUT2D eigenvalue weighted by atomic mass is 79.9. The predicted molar refractivity (Wildman–Crippen MR) is 139 cm³/mol. The minimum absolute atomic E-state index is 0.229. The fourth-order valence-corrected chi connectivity index (χ4v) is 5.27. The van der Waals surface area contributed by atoms with Crippen molar-refractivity contribution in [2.45, 2.75) is 26.8 Å². The first kappa shape index (κ1) is 24.9. The summed E-state index contributed by atoms with van der Waals surface area (Å²) in [6.07, 6.45) is 1.80. The van der Waals surface area contributed by atoms with Crippen LogP contribution in [-0.4, -0.2) is 30.9 Å². The Kier molecular flexibility index (Phi) is 7.57. The number of ether oxygens (including phenoxy) is 3. The number of thiazole rings is 1. The summed E-state index contributed by atoms with van der Waals surface area (Å²) in [7, 11) is 1.58. The molecule has 0 amide bonds. The van der Waals surface area contributed by atoms with E-state index in [2.05, 4.69) is 20.9 Å². The maximum absolute atomic E-state index is 13.7. The lowest BCUT2D eigenvalue weighted by atomic mass is 9.96. The molecule has 1 atom stereocenters. The number of carbonyl (C=O) groups is 1. The van der Waals surface area contributed by atoms with Gasteiger partial charge in [-0.2, -0.15) is 0 Å². The fraction of sp³-hybridized carbons (Fsp3) is 0.269. The van der Waals surface area contributed by atoms with Gasteiger partial charge in [0.05, 0.1) is 42.2 Å². The molecule has 0 fully saturated rings. The lowest BCUT2D eigenvalue weighted by molar-refractivity contribution is -0.139. The van der Waals surface area contributed by atoms with Crippen LogP contribution in [0.25, 0.3) is 6.08 Å². The summed E-state index contributed by atoms with van der Waals surface area (Å²) in [6.45, 7) is 6.14. The monoisotopic (exact) mass is 556 g/mol. The van der Waals surface area contributed by atoms with Crippen molar-refractivity contribution in [1.82, 2.24) is 4.57 Å². The van der Waals surface area contributed by atoms with Crippen LogP contribution in [0.4, 0.5) is 0 Å². The molecule has 2 heterocycles. The van der Waals surface area contributed by atoms with Crippen LogP contribution in [0.3, 0.4) is 0 Å². The number of rotatable bonds is 7. The van der Waals surface area contributed by atoms with Gasteiger partial charge >= 0.3 is 5.97 Å². The van der Waals surface area contributed by atoms with Crippen molar-refractivity contribution in [1.29, 1.82) is 0 Å². The molecule has 1 aromatic heterocycles. The zero-order valence-electron chi connectivity index (χ0n) is 19.8. The van der Waals surface area contributed by atoms with Crippen LogP contribution in [0, 0.1) is 0 Å². The maximum atomic E-state index is 13.7. The Morgan fingerprint density at radius 1 is 1.14 bits per heavy atom. The maximum Gasteiger partial charge on any atom is 0.338 e. The summed E-state index contributed by atoms with van der Waals surface area (Å²) in [6, 6.07) is 12.4. The molecule has 4 rings (SSSR count). The summed E-state index contributed by atoms with van der Waals surface area (Å²) in [5.74, 6) is 0.743. The number of hydrogen-bond donors (Lipinski definition) is 0. The van der Waals surface area contributed by atoms with Crippen LogP contribution in [0.2, 0.25) is 0 Å². The highest BCUT2D eigenvalue weighted by molar-refractivity contribution is 9.10. The second-order valence-electron chi connectivity index (χ2n) is 7.70. The van der Waals surface area contributed by atoms with Crippen molar-refractivity contribution in [3.05, 3.63) is 89.0 Å². The van der Waals surface area contributed by atoms with Gasteiger partial charge < -0.3 is 14.2 Å². The molecule has 182 valence electrons. The molecule has 35 heavy (non-hydrogen) atoms. The Bertz CT molecular complexity index is 1470. The number of hydrogen-bond acceptors (Lipinski definition) is 7. The average Bonchev–Trinajstić information content (AvgIpc) is 3.13. The number of esters is 1. The third kappa shape index (κ3) is 4.97. The number of allylic oxidation sites excluding steroid dienone is 1. The second-order valence-corrected chi connectivity index (χ2v) is 9.62. The largest absolute Gasteiger partial charge is 0.493 e. The molecule has 7 nitrogen and oxygen atoms in total. The SMILES string of the molecule is CCOC(=O)C1=C(C)N=c2s/c(=C\c3ccc(OC)c(OCC)c3)c(=O)n2[C@@H]1c1ccc(Br)cc1. The van der Waals surface area contributed by atoms with Crippen molar-refractivity contribution in [3.63, 3.8) is 0 Å². The Morgan fingerprint density at radius 3 is 2.54 bits per heavy atom. The van der Waals surface area contributed by atoms with Gasteiger partial charge in [-0.3, -0.25) is 9.36 Å². The zero-order chi connectivity index (χ0) is 25.1. The first-order valence-electron chi connectivity index (χ1n) is 11.1. The van der Waals surface area contributed by atoms with Crippen molar-refractivity contribution in [3.8, 4) is 11.5 Å². The first-order chi connectivity index (χ1) is 16.9. The Labute approximate surface area is 215 Å². The average molecular weight is 557 g/mol. The van der Waals surface area contributed by atoms with E-state index in [-0.39, 0.29) is 12.2 Å². The lowest BCUT2D eigenvalue weighted by Crippen LogP contribution is -2.39. The van der Waals surface area contributed by atoms with Gasteiger partial charge in [-0.05, 0) is 62.2 Å². The molecule has 9 heteroatoms. The number of nitrogens with zero attached hydrogens (tertiary/aromatic N) is 2. The van der Waals surface area contributed by atoms with Gasteiger partial charge in [0.2, 0.25) is 0 Å². The van der Waals surface area contributed by atoms with Crippen LogP contribution < -0.4 is 24.4 Å². The summed E-state index contributed by atoms with van der Waals surface area (Å²) in [5, 5.41) is 0. The molecule has 3 aromatic rings. The van der Waals surface area contributed by atoms with E-state index in [4.69, 9.17) is 14.2 Å². The predicted octanol–water partition coefficient (Wildman–Crippen LogP) is 3.97. The molecular formula is C26H25BrN2O5S. The van der Waals surface area contributed by atoms with E-state index in [0.29, 0.717) is 38.7 Å². The third-order valence-electron chi connectivity index (χ3n) is 5.49. The second kappa shape index (κ2) is 10.6. The van der Waals surface area contributed by atoms with Crippen molar-refractivity contribution in [2.75, 3.05) is 20.3 Å². The van der Waals surface area contributed by atoms with Crippen LogP contribution in [0.5, 0.6) is 11.5 Å². The van der Waals surface area contributed by atoms with Gasteiger partial charge in [-0.25, -0.2) is 9.79 Å². The van der Waals surface area contributed by atoms with E-state index < -0.39 is 12.0 Å². The summed E-state index contributed by atoms with van der Waals surface area (Å²) < 4.78 is 19.3. The number of aromatic nitrogens is 1. The van der Waals surface area contributed by atoms with Crippen molar-refractivity contribution < 1.29 is 19.0 Å². The van der Waals surface area contributed by atoms with Crippen molar-refractivity contribution in [2.24, 2.45) is 4.99 Å². The quantitative estimate of drug-likeness (QED) is 0.411. The van der Waals surface area contributed by atoms with E-state index in [1.807, 2.05) is 49.4 Å².